The lowest BCUT2D eigenvalue weighted by Crippen LogP contribution is -2.33. The normalized spacial score (nSPS) is 20.9. The number of piperidine rings is 1. The quantitative estimate of drug-likeness (QED) is 0.843. The van der Waals surface area contributed by atoms with Gasteiger partial charge in [-0.05, 0) is 65.6 Å². The summed E-state index contributed by atoms with van der Waals surface area (Å²) in [6.45, 7) is 5.53. The number of carboxylic acids is 1. The molecule has 2 rings (SSSR count). The fourth-order valence-electron chi connectivity index (χ4n) is 2.48. The fourth-order valence-corrected chi connectivity index (χ4v) is 3.17. The predicted molar refractivity (Wildman–Crippen MR) is 79.8 cm³/mol. The van der Waals surface area contributed by atoms with Crippen LogP contribution < -0.4 is 0 Å². The Kier molecular flexibility index (Phi) is 4.61. The largest absolute Gasteiger partial charge is 0.478 e. The molecule has 1 saturated heterocycles. The molecule has 0 bridgehead atoms. The van der Waals surface area contributed by atoms with E-state index in [1.807, 2.05) is 6.07 Å². The summed E-state index contributed by atoms with van der Waals surface area (Å²) in [5.74, 6) is -0.0826. The summed E-state index contributed by atoms with van der Waals surface area (Å²) in [5.41, 5.74) is 1.60. The van der Waals surface area contributed by atoms with Crippen LogP contribution in [0.15, 0.2) is 18.2 Å². The average Bonchev–Trinajstić information content (AvgIpc) is 2.31. The number of carboxylic acid groups (broad SMARTS) is 1. The van der Waals surface area contributed by atoms with E-state index in [9.17, 15) is 4.79 Å². The van der Waals surface area contributed by atoms with Gasteiger partial charge in [0, 0.05) is 16.7 Å². The smallest absolute Gasteiger partial charge is 0.335 e. The fraction of sp³-hybridized carbons (Fsp3) is 0.500. The molecule has 1 aliphatic heterocycles. The molecular weight excluding hydrogens is 341 g/mol. The molecule has 18 heavy (non-hydrogen) atoms. The molecule has 0 aliphatic carbocycles. The maximum absolute atomic E-state index is 10.9. The van der Waals surface area contributed by atoms with Crippen LogP contribution in [0.4, 0.5) is 0 Å². The van der Waals surface area contributed by atoms with Gasteiger partial charge >= 0.3 is 5.97 Å². The van der Waals surface area contributed by atoms with E-state index < -0.39 is 5.97 Å². The molecule has 0 saturated carbocycles. The number of rotatable bonds is 3. The second-order valence-corrected chi connectivity index (χ2v) is 6.26. The molecule has 1 aromatic rings. The first-order valence-electron chi connectivity index (χ1n) is 6.30. The van der Waals surface area contributed by atoms with Crippen molar-refractivity contribution in [3.8, 4) is 0 Å². The standard InChI is InChI=1S/C14H18INO2/c1-10-3-2-6-16(8-10)9-12-5-4-11(14(17)18)7-13(12)15/h4-5,7,10H,2-3,6,8-9H2,1H3,(H,17,18)/t10-/m0/s1. The Morgan fingerprint density at radius 2 is 2.33 bits per heavy atom. The Bertz CT molecular complexity index is 447. The van der Waals surface area contributed by atoms with Gasteiger partial charge in [-0.3, -0.25) is 4.90 Å². The summed E-state index contributed by atoms with van der Waals surface area (Å²) in [5, 5.41) is 8.94. The zero-order chi connectivity index (χ0) is 13.1. The number of hydrogen-bond donors (Lipinski definition) is 1. The zero-order valence-corrected chi connectivity index (χ0v) is 12.7. The summed E-state index contributed by atoms with van der Waals surface area (Å²) in [6, 6.07) is 5.41. The average molecular weight is 359 g/mol. The molecule has 0 radical (unpaired) electrons. The molecule has 1 fully saturated rings. The van der Waals surface area contributed by atoms with Crippen molar-refractivity contribution in [2.75, 3.05) is 13.1 Å². The van der Waals surface area contributed by atoms with E-state index in [0.29, 0.717) is 5.56 Å². The van der Waals surface area contributed by atoms with Gasteiger partial charge in [0.05, 0.1) is 5.56 Å². The maximum Gasteiger partial charge on any atom is 0.335 e. The van der Waals surface area contributed by atoms with Gasteiger partial charge in [-0.2, -0.15) is 0 Å². The summed E-state index contributed by atoms with van der Waals surface area (Å²) in [7, 11) is 0. The van der Waals surface area contributed by atoms with Crippen molar-refractivity contribution in [3.05, 3.63) is 32.9 Å². The first-order valence-corrected chi connectivity index (χ1v) is 7.38. The van der Waals surface area contributed by atoms with Gasteiger partial charge in [0.2, 0.25) is 0 Å². The zero-order valence-electron chi connectivity index (χ0n) is 10.5. The van der Waals surface area contributed by atoms with E-state index in [1.165, 1.54) is 18.4 Å². The van der Waals surface area contributed by atoms with Crippen LogP contribution in [0, 0.1) is 9.49 Å². The van der Waals surface area contributed by atoms with Crippen LogP contribution in [0.25, 0.3) is 0 Å². The third-order valence-electron chi connectivity index (χ3n) is 3.44. The van der Waals surface area contributed by atoms with Crippen LogP contribution in [0.2, 0.25) is 0 Å². The first-order chi connectivity index (χ1) is 8.56. The van der Waals surface area contributed by atoms with Crippen LogP contribution >= 0.6 is 22.6 Å². The highest BCUT2D eigenvalue weighted by Gasteiger charge is 2.17. The number of halogens is 1. The van der Waals surface area contributed by atoms with Crippen LogP contribution in [-0.4, -0.2) is 29.1 Å². The number of hydrogen-bond acceptors (Lipinski definition) is 2. The lowest BCUT2D eigenvalue weighted by atomic mass is 9.99. The van der Waals surface area contributed by atoms with E-state index >= 15 is 0 Å². The van der Waals surface area contributed by atoms with E-state index in [1.54, 1.807) is 12.1 Å². The summed E-state index contributed by atoms with van der Waals surface area (Å²) in [6.07, 6.45) is 2.59. The Morgan fingerprint density at radius 3 is 2.94 bits per heavy atom. The third-order valence-corrected chi connectivity index (χ3v) is 4.44. The van der Waals surface area contributed by atoms with Crippen LogP contribution in [0.1, 0.15) is 35.7 Å². The molecule has 1 heterocycles. The highest BCUT2D eigenvalue weighted by Crippen LogP contribution is 2.21. The van der Waals surface area contributed by atoms with Crippen LogP contribution in [0.3, 0.4) is 0 Å². The molecule has 98 valence electrons. The Hall–Kier alpha value is -0.620. The van der Waals surface area contributed by atoms with Gasteiger partial charge < -0.3 is 5.11 Å². The Balaban J connectivity index is 2.07. The lowest BCUT2D eigenvalue weighted by molar-refractivity contribution is 0.0697. The molecule has 0 aromatic heterocycles. The van der Waals surface area contributed by atoms with E-state index in [0.717, 1.165) is 29.1 Å². The van der Waals surface area contributed by atoms with Crippen LogP contribution in [-0.2, 0) is 6.54 Å². The summed E-state index contributed by atoms with van der Waals surface area (Å²) < 4.78 is 1.05. The van der Waals surface area contributed by atoms with Crippen molar-refractivity contribution in [1.82, 2.24) is 4.90 Å². The molecular formula is C14H18INO2. The highest BCUT2D eigenvalue weighted by atomic mass is 127. The summed E-state index contributed by atoms with van der Waals surface area (Å²) in [4.78, 5) is 13.3. The molecule has 1 atom stereocenters. The molecule has 1 aromatic carbocycles. The molecule has 0 amide bonds. The van der Waals surface area contributed by atoms with Gasteiger partial charge in [0.25, 0.3) is 0 Å². The van der Waals surface area contributed by atoms with Crippen molar-refractivity contribution in [1.29, 1.82) is 0 Å². The van der Waals surface area contributed by atoms with Gasteiger partial charge in [-0.25, -0.2) is 4.79 Å². The van der Waals surface area contributed by atoms with Gasteiger partial charge in [-0.15, -0.1) is 0 Å². The number of likely N-dealkylation sites (tertiary alicyclic amines) is 1. The SMILES string of the molecule is C[C@H]1CCCN(Cc2ccc(C(=O)O)cc2I)C1. The molecule has 0 spiro atoms. The minimum atomic E-state index is -0.855. The van der Waals surface area contributed by atoms with E-state index in [4.69, 9.17) is 5.11 Å². The van der Waals surface area contributed by atoms with Crippen molar-refractivity contribution in [2.45, 2.75) is 26.3 Å². The highest BCUT2D eigenvalue weighted by molar-refractivity contribution is 14.1. The summed E-state index contributed by atoms with van der Waals surface area (Å²) >= 11 is 2.23. The van der Waals surface area contributed by atoms with E-state index in [2.05, 4.69) is 34.4 Å². The number of nitrogens with zero attached hydrogens (tertiary/aromatic N) is 1. The second kappa shape index (κ2) is 6.02. The topological polar surface area (TPSA) is 40.5 Å². The van der Waals surface area contributed by atoms with Crippen molar-refractivity contribution < 1.29 is 9.90 Å². The monoisotopic (exact) mass is 359 g/mol. The number of aromatic carboxylic acids is 1. The van der Waals surface area contributed by atoms with Crippen molar-refractivity contribution in [3.63, 3.8) is 0 Å². The molecule has 1 aliphatic rings. The van der Waals surface area contributed by atoms with Gasteiger partial charge in [-0.1, -0.05) is 13.0 Å². The first kappa shape index (κ1) is 13.8. The third kappa shape index (κ3) is 3.45. The second-order valence-electron chi connectivity index (χ2n) is 5.09. The minimum absolute atomic E-state index is 0.371. The minimum Gasteiger partial charge on any atom is -0.478 e. The number of benzene rings is 1. The van der Waals surface area contributed by atoms with E-state index in [-0.39, 0.29) is 0 Å². The molecule has 4 heteroatoms. The predicted octanol–water partition coefficient (Wildman–Crippen LogP) is 3.22. The Labute approximate surface area is 121 Å². The molecule has 0 unspecified atom stereocenters. The molecule has 1 N–H and O–H groups in total. The van der Waals surface area contributed by atoms with Gasteiger partial charge in [0.15, 0.2) is 0 Å². The number of carbonyl (C=O) groups is 1. The lowest BCUT2D eigenvalue weighted by Gasteiger charge is -2.31. The van der Waals surface area contributed by atoms with Gasteiger partial charge in [0.1, 0.15) is 0 Å². The maximum atomic E-state index is 10.9. The Morgan fingerprint density at radius 1 is 1.56 bits per heavy atom. The van der Waals surface area contributed by atoms with Crippen LogP contribution in [0.5, 0.6) is 0 Å². The van der Waals surface area contributed by atoms with Crippen molar-refractivity contribution in [2.24, 2.45) is 5.92 Å². The molecule has 3 nitrogen and oxygen atoms in total. The van der Waals surface area contributed by atoms with Crippen molar-refractivity contribution >= 4 is 28.6 Å².